The average molecular weight is 556 g/mol. The second-order valence-electron chi connectivity index (χ2n) is 8.88. The van der Waals surface area contributed by atoms with E-state index >= 15 is 0 Å². The lowest BCUT2D eigenvalue weighted by Crippen LogP contribution is -2.44. The highest BCUT2D eigenvalue weighted by Crippen LogP contribution is 2.47. The average Bonchev–Trinajstić information content (AvgIpc) is 3.05. The molecule has 0 amide bonds. The van der Waals surface area contributed by atoms with Crippen LogP contribution in [0.15, 0.2) is 52.4 Å². The summed E-state index contributed by atoms with van der Waals surface area (Å²) in [6, 6.07) is 8.38. The van der Waals surface area contributed by atoms with Gasteiger partial charge in [0.05, 0.1) is 12.7 Å². The van der Waals surface area contributed by atoms with Gasteiger partial charge in [-0.25, -0.2) is 9.36 Å². The molecule has 1 aliphatic heterocycles. The molecule has 2 aromatic rings. The van der Waals surface area contributed by atoms with Crippen LogP contribution in [0.4, 0.5) is 0 Å². The van der Waals surface area contributed by atoms with Crippen LogP contribution < -0.4 is 10.1 Å². The first kappa shape index (κ1) is 28.9. The van der Waals surface area contributed by atoms with E-state index in [9.17, 15) is 24.4 Å². The van der Waals surface area contributed by atoms with E-state index in [0.717, 1.165) is 5.96 Å². The number of esters is 1. The number of nitrogens with one attached hydrogen (secondary N) is 1. The number of benzene rings is 1. The van der Waals surface area contributed by atoms with Crippen LogP contribution in [0.2, 0.25) is 0 Å². The Morgan fingerprint density at radius 2 is 2.00 bits per heavy atom. The van der Waals surface area contributed by atoms with Crippen molar-refractivity contribution in [3.05, 3.63) is 57.7 Å². The fourth-order valence-corrected chi connectivity index (χ4v) is 5.01. The van der Waals surface area contributed by atoms with Gasteiger partial charge in [0.2, 0.25) is 0 Å². The van der Waals surface area contributed by atoms with Gasteiger partial charge in [0.25, 0.3) is 5.56 Å². The molecular formula is C23H30N3O9PS. The Hall–Kier alpha value is -2.67. The van der Waals surface area contributed by atoms with E-state index in [0.29, 0.717) is 0 Å². The Bertz CT molecular complexity index is 1280. The van der Waals surface area contributed by atoms with Crippen molar-refractivity contribution in [2.45, 2.75) is 63.9 Å². The van der Waals surface area contributed by atoms with Gasteiger partial charge in [-0.2, -0.15) is 0 Å². The minimum absolute atomic E-state index is 0.0287. The monoisotopic (exact) mass is 555 g/mol. The summed E-state index contributed by atoms with van der Waals surface area (Å²) in [6.45, 7) is 5.70. The lowest BCUT2D eigenvalue weighted by atomic mass is 9.96. The van der Waals surface area contributed by atoms with Crippen LogP contribution in [-0.4, -0.2) is 68.3 Å². The van der Waals surface area contributed by atoms with Gasteiger partial charge in [-0.3, -0.25) is 23.9 Å². The van der Waals surface area contributed by atoms with Crippen molar-refractivity contribution in [3.8, 4) is 5.75 Å². The van der Waals surface area contributed by atoms with E-state index in [1.807, 2.05) is 0 Å². The number of aliphatic hydroxyl groups excluding tert-OH is 1. The molecule has 0 saturated carbocycles. The standard InChI is InChI=1S/C23H30N3O9PS/c1-14(2)33-20(29)15(3)24-13-36(31,35-16-8-6-5-7-9-16)32-12-17-19(28)23(4,30)21(34-17)26-11-10-18(27)25-22(26)37/h5-11,13-15,17,19,21,28,30H,12H2,1-4H3,(H,25,27,37)/t15-,17+,19-,21+,23?,36?/m0/s1. The zero-order chi connectivity index (χ0) is 27.4. The summed E-state index contributed by atoms with van der Waals surface area (Å²) in [5.74, 6) is 0.497. The number of nitrogens with zero attached hydrogens (tertiary/aromatic N) is 2. The molecule has 0 spiro atoms. The van der Waals surface area contributed by atoms with Crippen LogP contribution in [0.5, 0.6) is 5.75 Å². The Morgan fingerprint density at radius 1 is 1.32 bits per heavy atom. The predicted octanol–water partition coefficient (Wildman–Crippen LogP) is 2.57. The molecule has 6 atom stereocenters. The molecule has 2 heterocycles. The molecule has 0 aliphatic carbocycles. The van der Waals surface area contributed by atoms with Gasteiger partial charge in [-0.1, -0.05) is 18.2 Å². The molecule has 0 bridgehead atoms. The molecule has 2 unspecified atom stereocenters. The number of para-hydroxylation sites is 1. The zero-order valence-electron chi connectivity index (χ0n) is 20.7. The summed E-state index contributed by atoms with van der Waals surface area (Å²) in [5, 5.41) is 21.7. The highest BCUT2D eigenvalue weighted by molar-refractivity contribution is 7.71. The number of hydrogen-bond acceptors (Lipinski definition) is 11. The van der Waals surface area contributed by atoms with Crippen LogP contribution in [-0.2, 0) is 23.4 Å². The number of carbonyl (C=O) groups excluding carboxylic acids is 1. The first-order valence-corrected chi connectivity index (χ1v) is 13.5. The van der Waals surface area contributed by atoms with E-state index in [1.54, 1.807) is 44.2 Å². The van der Waals surface area contributed by atoms with Gasteiger partial charge in [0, 0.05) is 12.3 Å². The van der Waals surface area contributed by atoms with Crippen LogP contribution in [0.25, 0.3) is 0 Å². The van der Waals surface area contributed by atoms with Crippen molar-refractivity contribution in [2.24, 2.45) is 4.99 Å². The van der Waals surface area contributed by atoms with Gasteiger partial charge in [0.15, 0.2) is 11.0 Å². The molecule has 1 aliphatic rings. The van der Waals surface area contributed by atoms with Crippen LogP contribution >= 0.6 is 19.8 Å². The summed E-state index contributed by atoms with van der Waals surface area (Å²) >= 11 is 5.14. The van der Waals surface area contributed by atoms with Gasteiger partial charge in [0.1, 0.15) is 35.6 Å². The van der Waals surface area contributed by atoms with Crippen molar-refractivity contribution >= 4 is 31.7 Å². The van der Waals surface area contributed by atoms with Crippen LogP contribution in [0.1, 0.15) is 33.9 Å². The number of aromatic amines is 1. The number of aromatic nitrogens is 2. The predicted molar refractivity (Wildman–Crippen MR) is 136 cm³/mol. The van der Waals surface area contributed by atoms with E-state index in [4.69, 9.17) is 30.7 Å². The highest BCUT2D eigenvalue weighted by Gasteiger charge is 2.53. The maximum absolute atomic E-state index is 13.6. The number of H-pyrrole nitrogens is 1. The molecule has 1 aromatic heterocycles. The molecule has 3 rings (SSSR count). The fourth-order valence-electron chi connectivity index (χ4n) is 3.45. The van der Waals surface area contributed by atoms with E-state index in [-0.39, 0.29) is 16.6 Å². The second kappa shape index (κ2) is 11.8. The summed E-state index contributed by atoms with van der Waals surface area (Å²) in [6.07, 6.45) is -2.88. The Kier molecular flexibility index (Phi) is 9.22. The number of hydrogen-bond donors (Lipinski definition) is 3. The lowest BCUT2D eigenvalue weighted by Gasteiger charge is -2.28. The quantitative estimate of drug-likeness (QED) is 0.172. The number of ether oxygens (including phenoxy) is 2. The molecule has 1 fully saturated rings. The van der Waals surface area contributed by atoms with Crippen molar-refractivity contribution in [3.63, 3.8) is 0 Å². The Morgan fingerprint density at radius 3 is 2.62 bits per heavy atom. The summed E-state index contributed by atoms with van der Waals surface area (Å²) in [4.78, 5) is 30.0. The molecule has 202 valence electrons. The van der Waals surface area contributed by atoms with E-state index < -0.39 is 55.8 Å². The summed E-state index contributed by atoms with van der Waals surface area (Å²) in [7, 11) is -4.14. The van der Waals surface area contributed by atoms with Crippen molar-refractivity contribution in [1.29, 1.82) is 0 Å². The van der Waals surface area contributed by atoms with Crippen LogP contribution in [0.3, 0.4) is 0 Å². The molecule has 37 heavy (non-hydrogen) atoms. The van der Waals surface area contributed by atoms with Gasteiger partial charge in [-0.15, -0.1) is 0 Å². The minimum atomic E-state index is -4.14. The van der Waals surface area contributed by atoms with Gasteiger partial charge in [-0.05, 0) is 52.0 Å². The highest BCUT2D eigenvalue weighted by atomic mass is 32.1. The lowest BCUT2D eigenvalue weighted by molar-refractivity contribution is -0.148. The summed E-state index contributed by atoms with van der Waals surface area (Å²) < 4.78 is 36.9. The maximum atomic E-state index is 13.6. The third-order valence-electron chi connectivity index (χ3n) is 5.38. The first-order valence-electron chi connectivity index (χ1n) is 11.4. The first-order chi connectivity index (χ1) is 17.3. The SMILES string of the molecule is CC(C)OC(=O)[C@H](C)N=CP(=O)(OC[C@H]1O[C@@H](n2ccc(=O)[nH]c2=S)C(C)(O)[C@H]1O)Oc1ccccc1. The van der Waals surface area contributed by atoms with Crippen molar-refractivity contribution < 1.29 is 38.1 Å². The third kappa shape index (κ3) is 7.22. The Balaban J connectivity index is 1.81. The van der Waals surface area contributed by atoms with Crippen molar-refractivity contribution in [2.75, 3.05) is 6.61 Å². The minimum Gasteiger partial charge on any atom is -0.461 e. The van der Waals surface area contributed by atoms with Gasteiger partial charge >= 0.3 is 13.6 Å². The van der Waals surface area contributed by atoms with Crippen LogP contribution in [0, 0.1) is 4.77 Å². The summed E-state index contributed by atoms with van der Waals surface area (Å²) in [5.41, 5.74) is -2.29. The molecule has 12 nitrogen and oxygen atoms in total. The normalized spacial score (nSPS) is 26.2. The van der Waals surface area contributed by atoms with Gasteiger partial charge < -0.3 is 24.2 Å². The Labute approximate surface area is 218 Å². The zero-order valence-corrected chi connectivity index (χ0v) is 22.4. The van der Waals surface area contributed by atoms with Crippen molar-refractivity contribution in [1.82, 2.24) is 9.55 Å². The van der Waals surface area contributed by atoms with E-state index in [1.165, 1.54) is 30.7 Å². The number of rotatable bonds is 10. The largest absolute Gasteiger partial charge is 0.461 e. The molecule has 1 saturated heterocycles. The second-order valence-corrected chi connectivity index (χ2v) is 11.0. The molecule has 14 heteroatoms. The molecular weight excluding hydrogens is 525 g/mol. The number of aliphatic imine (C=N–C) groups is 1. The topological polar surface area (TPSA) is 162 Å². The smallest absolute Gasteiger partial charge is 0.421 e. The van der Waals surface area contributed by atoms with E-state index in [2.05, 4.69) is 9.98 Å². The molecule has 3 N–H and O–H groups in total. The maximum Gasteiger partial charge on any atom is 0.421 e. The molecule has 1 aromatic carbocycles. The molecule has 0 radical (unpaired) electrons. The number of aliphatic hydroxyl groups is 2. The number of carbonyl (C=O) groups is 1. The fraction of sp³-hybridized carbons (Fsp3) is 0.478. The third-order valence-corrected chi connectivity index (χ3v) is 7.08.